The molecule has 1 N–H and O–H groups in total. The number of benzene rings is 1. The third-order valence-electron chi connectivity index (χ3n) is 3.57. The summed E-state index contributed by atoms with van der Waals surface area (Å²) in [5.41, 5.74) is 0.885. The van der Waals surface area contributed by atoms with Gasteiger partial charge in [0.2, 0.25) is 5.91 Å². The van der Waals surface area contributed by atoms with Crippen LogP contribution in [0, 0.1) is 5.92 Å². The molecule has 2 rings (SSSR count). The van der Waals surface area contributed by atoms with Crippen LogP contribution in [0.4, 0.5) is 8.78 Å². The molecule has 1 fully saturated rings. The maximum absolute atomic E-state index is 12.7. The summed E-state index contributed by atoms with van der Waals surface area (Å²) in [7, 11) is 0. The number of rotatable bonds is 5. The van der Waals surface area contributed by atoms with Crippen molar-refractivity contribution in [3.8, 4) is 0 Å². The van der Waals surface area contributed by atoms with Crippen LogP contribution in [0.2, 0.25) is 0 Å². The topological polar surface area (TPSA) is 32.3 Å². The van der Waals surface area contributed by atoms with Crippen molar-refractivity contribution in [3.63, 3.8) is 0 Å². The van der Waals surface area contributed by atoms with Crippen LogP contribution in [0.5, 0.6) is 0 Å². The molecule has 1 aromatic carbocycles. The Kier molecular flexibility index (Phi) is 7.61. The number of nitrogens with zero attached hydrogens (tertiary/aromatic N) is 1. The normalized spacial score (nSPS) is 15.6. The molecule has 0 unspecified atom stereocenters. The van der Waals surface area contributed by atoms with Crippen molar-refractivity contribution in [2.45, 2.75) is 25.8 Å². The van der Waals surface area contributed by atoms with Gasteiger partial charge in [0.25, 0.3) is 6.43 Å². The molecule has 118 valence electrons. The van der Waals surface area contributed by atoms with Crippen LogP contribution in [-0.4, -0.2) is 36.9 Å². The van der Waals surface area contributed by atoms with E-state index in [4.69, 9.17) is 0 Å². The van der Waals surface area contributed by atoms with Crippen molar-refractivity contribution in [3.05, 3.63) is 35.9 Å². The zero-order valence-electron chi connectivity index (χ0n) is 11.8. The van der Waals surface area contributed by atoms with E-state index in [1.54, 1.807) is 0 Å². The van der Waals surface area contributed by atoms with E-state index < -0.39 is 13.0 Å². The molecular formula is C15H21ClF2N2O. The van der Waals surface area contributed by atoms with Gasteiger partial charge in [-0.25, -0.2) is 8.78 Å². The summed E-state index contributed by atoms with van der Waals surface area (Å²) in [6.07, 6.45) is -1.04. The lowest BCUT2D eigenvalue weighted by atomic mass is 9.96. The second-order valence-electron chi connectivity index (χ2n) is 5.12. The Labute approximate surface area is 130 Å². The number of amides is 1. The van der Waals surface area contributed by atoms with Crippen molar-refractivity contribution in [2.24, 2.45) is 5.92 Å². The molecule has 3 nitrogen and oxygen atoms in total. The Bertz CT molecular complexity index is 425. The smallest absolute Gasteiger partial charge is 0.255 e. The van der Waals surface area contributed by atoms with E-state index >= 15 is 0 Å². The first-order valence-electron chi connectivity index (χ1n) is 6.98. The lowest BCUT2D eigenvalue weighted by Gasteiger charge is -2.29. The Morgan fingerprint density at radius 3 is 2.43 bits per heavy atom. The third kappa shape index (κ3) is 5.59. The highest BCUT2D eigenvalue weighted by Gasteiger charge is 2.27. The van der Waals surface area contributed by atoms with Crippen LogP contribution < -0.4 is 5.32 Å². The molecular weight excluding hydrogens is 298 g/mol. The number of hydrogen-bond donors (Lipinski definition) is 1. The number of nitrogens with one attached hydrogen (secondary N) is 1. The molecule has 6 heteroatoms. The SMILES string of the molecule is Cl.O=C(C1CCNCC1)N(Cc1ccccc1)CC(F)F. The summed E-state index contributed by atoms with van der Waals surface area (Å²) in [5.74, 6) is -0.269. The average Bonchev–Trinajstić information content (AvgIpc) is 2.47. The van der Waals surface area contributed by atoms with Gasteiger partial charge in [0, 0.05) is 12.5 Å². The zero-order valence-corrected chi connectivity index (χ0v) is 12.6. The Balaban J connectivity index is 0.00000220. The van der Waals surface area contributed by atoms with Gasteiger partial charge in [-0.1, -0.05) is 30.3 Å². The van der Waals surface area contributed by atoms with Crippen LogP contribution in [-0.2, 0) is 11.3 Å². The van der Waals surface area contributed by atoms with Crippen molar-refractivity contribution in [1.82, 2.24) is 10.2 Å². The molecule has 0 aliphatic carbocycles. The fraction of sp³-hybridized carbons (Fsp3) is 0.533. The quantitative estimate of drug-likeness (QED) is 0.905. The van der Waals surface area contributed by atoms with Crippen LogP contribution >= 0.6 is 12.4 Å². The van der Waals surface area contributed by atoms with Gasteiger partial charge in [0.15, 0.2) is 0 Å². The molecule has 0 aromatic heterocycles. The highest BCUT2D eigenvalue weighted by molar-refractivity contribution is 5.85. The average molecular weight is 319 g/mol. The Hall–Kier alpha value is -1.20. The van der Waals surface area contributed by atoms with Gasteiger partial charge in [-0.2, -0.15) is 0 Å². The second-order valence-corrected chi connectivity index (χ2v) is 5.12. The van der Waals surface area contributed by atoms with Crippen LogP contribution in [0.1, 0.15) is 18.4 Å². The van der Waals surface area contributed by atoms with Gasteiger partial charge in [-0.05, 0) is 31.5 Å². The molecule has 21 heavy (non-hydrogen) atoms. The fourth-order valence-electron chi connectivity index (χ4n) is 2.53. The van der Waals surface area contributed by atoms with E-state index in [0.29, 0.717) is 0 Å². The van der Waals surface area contributed by atoms with Gasteiger partial charge in [-0.15, -0.1) is 12.4 Å². The van der Waals surface area contributed by atoms with Gasteiger partial charge in [-0.3, -0.25) is 4.79 Å². The number of alkyl halides is 2. The van der Waals surface area contributed by atoms with Crippen molar-refractivity contribution >= 4 is 18.3 Å². The van der Waals surface area contributed by atoms with Crippen molar-refractivity contribution < 1.29 is 13.6 Å². The highest BCUT2D eigenvalue weighted by atomic mass is 35.5. The van der Waals surface area contributed by atoms with Crippen LogP contribution in [0.15, 0.2) is 30.3 Å². The van der Waals surface area contributed by atoms with Crippen molar-refractivity contribution in [2.75, 3.05) is 19.6 Å². The predicted molar refractivity (Wildman–Crippen MR) is 80.7 cm³/mol. The first kappa shape index (κ1) is 17.9. The zero-order chi connectivity index (χ0) is 14.4. The first-order valence-corrected chi connectivity index (χ1v) is 6.98. The fourth-order valence-corrected chi connectivity index (χ4v) is 2.53. The molecule has 1 aliphatic heterocycles. The molecule has 0 radical (unpaired) electrons. The number of carbonyl (C=O) groups is 1. The lowest BCUT2D eigenvalue weighted by Crippen LogP contribution is -2.42. The number of hydrogen-bond acceptors (Lipinski definition) is 2. The molecule has 1 heterocycles. The predicted octanol–water partition coefficient (Wildman–Crippen LogP) is 2.70. The maximum Gasteiger partial charge on any atom is 0.255 e. The summed E-state index contributed by atoms with van der Waals surface area (Å²) in [6, 6.07) is 9.29. The molecule has 1 aliphatic rings. The van der Waals surface area contributed by atoms with E-state index in [1.165, 1.54) is 4.90 Å². The summed E-state index contributed by atoms with van der Waals surface area (Å²) in [4.78, 5) is 13.7. The number of piperidine rings is 1. The third-order valence-corrected chi connectivity index (χ3v) is 3.57. The van der Waals surface area contributed by atoms with Gasteiger partial charge in [0.1, 0.15) is 0 Å². The molecule has 1 aromatic rings. The van der Waals surface area contributed by atoms with E-state index in [0.717, 1.165) is 31.5 Å². The standard InChI is InChI=1S/C15H20F2N2O.ClH/c16-14(17)11-19(10-12-4-2-1-3-5-12)15(20)13-6-8-18-9-7-13;/h1-5,13-14,18H,6-11H2;1H. The summed E-state index contributed by atoms with van der Waals surface area (Å²) < 4.78 is 25.4. The molecule has 0 atom stereocenters. The van der Waals surface area contributed by atoms with Crippen molar-refractivity contribution in [1.29, 1.82) is 0 Å². The van der Waals surface area contributed by atoms with Crippen LogP contribution in [0.3, 0.4) is 0 Å². The van der Waals surface area contributed by atoms with E-state index in [9.17, 15) is 13.6 Å². The Morgan fingerprint density at radius 1 is 1.24 bits per heavy atom. The Morgan fingerprint density at radius 2 is 1.86 bits per heavy atom. The van der Waals surface area contributed by atoms with Gasteiger partial charge >= 0.3 is 0 Å². The van der Waals surface area contributed by atoms with E-state index in [2.05, 4.69) is 5.32 Å². The first-order chi connectivity index (χ1) is 9.66. The summed E-state index contributed by atoms with van der Waals surface area (Å²) in [5, 5.41) is 3.18. The minimum atomic E-state index is -2.50. The van der Waals surface area contributed by atoms with Gasteiger partial charge in [0.05, 0.1) is 6.54 Å². The number of carbonyl (C=O) groups excluding carboxylic acids is 1. The maximum atomic E-state index is 12.7. The van der Waals surface area contributed by atoms with E-state index in [-0.39, 0.29) is 30.8 Å². The molecule has 1 amide bonds. The monoisotopic (exact) mass is 318 g/mol. The van der Waals surface area contributed by atoms with Crippen LogP contribution in [0.25, 0.3) is 0 Å². The minimum Gasteiger partial charge on any atom is -0.332 e. The number of halogens is 3. The molecule has 0 spiro atoms. The molecule has 0 saturated carbocycles. The summed E-state index contributed by atoms with van der Waals surface area (Å²) >= 11 is 0. The second kappa shape index (κ2) is 8.95. The lowest BCUT2D eigenvalue weighted by molar-refractivity contribution is -0.139. The molecule has 1 saturated heterocycles. The largest absolute Gasteiger partial charge is 0.332 e. The minimum absolute atomic E-state index is 0. The highest BCUT2D eigenvalue weighted by Crippen LogP contribution is 2.18. The van der Waals surface area contributed by atoms with Gasteiger partial charge < -0.3 is 10.2 Å². The molecule has 0 bridgehead atoms. The van der Waals surface area contributed by atoms with E-state index in [1.807, 2.05) is 30.3 Å². The summed E-state index contributed by atoms with van der Waals surface area (Å²) in [6.45, 7) is 1.33.